The SMILES string of the molecule is Cn1c(=O)n(CC2CCC(C(=O)Cc3ccncc3)CC2)c2nc(OCC3CCCCO3)ccc21. The molecule has 0 bridgehead atoms. The summed E-state index contributed by atoms with van der Waals surface area (Å²) in [4.78, 5) is 34.5. The van der Waals surface area contributed by atoms with Crippen LogP contribution in [0.1, 0.15) is 50.5 Å². The molecule has 1 atom stereocenters. The molecular weight excluding hydrogens is 444 g/mol. The summed E-state index contributed by atoms with van der Waals surface area (Å²) < 4.78 is 15.1. The Morgan fingerprint density at radius 1 is 1.09 bits per heavy atom. The van der Waals surface area contributed by atoms with E-state index < -0.39 is 0 Å². The third kappa shape index (κ3) is 5.48. The smallest absolute Gasteiger partial charge is 0.330 e. The van der Waals surface area contributed by atoms with Crippen molar-refractivity contribution in [2.24, 2.45) is 18.9 Å². The number of carbonyl (C=O) groups is 1. The minimum absolute atomic E-state index is 0.0591. The molecule has 186 valence electrons. The number of hydrogen-bond donors (Lipinski definition) is 0. The largest absolute Gasteiger partial charge is 0.475 e. The molecule has 2 fully saturated rings. The van der Waals surface area contributed by atoms with Gasteiger partial charge in [0.15, 0.2) is 5.65 Å². The maximum Gasteiger partial charge on any atom is 0.330 e. The van der Waals surface area contributed by atoms with Crippen LogP contribution in [0.3, 0.4) is 0 Å². The molecule has 5 rings (SSSR count). The van der Waals surface area contributed by atoms with E-state index in [4.69, 9.17) is 14.5 Å². The van der Waals surface area contributed by atoms with Crippen LogP contribution in [0.4, 0.5) is 0 Å². The number of Topliss-reactive ketones (excluding diaryl/α,β-unsaturated/α-hetero) is 1. The normalized spacial score (nSPS) is 22.8. The summed E-state index contributed by atoms with van der Waals surface area (Å²) in [6.07, 6.45) is 10.9. The molecule has 1 saturated carbocycles. The second-order valence-electron chi connectivity index (χ2n) is 9.96. The molecule has 8 heteroatoms. The molecule has 4 heterocycles. The second-order valence-corrected chi connectivity index (χ2v) is 9.96. The second kappa shape index (κ2) is 10.7. The molecule has 0 radical (unpaired) electrons. The summed E-state index contributed by atoms with van der Waals surface area (Å²) in [5, 5.41) is 0. The summed E-state index contributed by atoms with van der Waals surface area (Å²) in [6.45, 7) is 1.88. The van der Waals surface area contributed by atoms with Crippen molar-refractivity contribution in [1.29, 1.82) is 0 Å². The van der Waals surface area contributed by atoms with Gasteiger partial charge in [-0.05, 0) is 74.6 Å². The van der Waals surface area contributed by atoms with Crippen LogP contribution >= 0.6 is 0 Å². The number of carbonyl (C=O) groups excluding carboxylic acids is 1. The maximum absolute atomic E-state index is 13.0. The first-order valence-electron chi connectivity index (χ1n) is 12.8. The van der Waals surface area contributed by atoms with Gasteiger partial charge >= 0.3 is 5.69 Å². The van der Waals surface area contributed by atoms with E-state index in [1.54, 1.807) is 28.6 Å². The lowest BCUT2D eigenvalue weighted by Gasteiger charge is -2.27. The van der Waals surface area contributed by atoms with Crippen molar-refractivity contribution < 1.29 is 14.3 Å². The molecule has 3 aromatic heterocycles. The molecule has 1 aliphatic heterocycles. The molecule has 0 N–H and O–H groups in total. The summed E-state index contributed by atoms with van der Waals surface area (Å²) in [6, 6.07) is 7.55. The molecule has 0 aromatic carbocycles. The predicted octanol–water partition coefficient (Wildman–Crippen LogP) is 3.70. The van der Waals surface area contributed by atoms with E-state index in [0.717, 1.165) is 62.6 Å². The van der Waals surface area contributed by atoms with Gasteiger partial charge in [-0.25, -0.2) is 4.79 Å². The molecule has 2 aliphatic rings. The zero-order valence-corrected chi connectivity index (χ0v) is 20.4. The van der Waals surface area contributed by atoms with Crippen molar-refractivity contribution in [2.75, 3.05) is 13.2 Å². The lowest BCUT2D eigenvalue weighted by molar-refractivity contribution is -0.123. The number of fused-ring (bicyclic) bond motifs is 1. The monoisotopic (exact) mass is 478 g/mol. The maximum atomic E-state index is 13.0. The zero-order valence-electron chi connectivity index (χ0n) is 20.4. The van der Waals surface area contributed by atoms with Crippen molar-refractivity contribution in [2.45, 2.75) is 64.0 Å². The number of rotatable bonds is 8. The molecule has 1 aliphatic carbocycles. The Bertz CT molecular complexity index is 1210. The average molecular weight is 479 g/mol. The van der Waals surface area contributed by atoms with E-state index in [0.29, 0.717) is 42.8 Å². The predicted molar refractivity (Wildman–Crippen MR) is 132 cm³/mol. The fraction of sp³-hybridized carbons (Fsp3) is 0.556. The van der Waals surface area contributed by atoms with Crippen LogP contribution in [-0.2, 0) is 29.5 Å². The Morgan fingerprint density at radius 2 is 1.89 bits per heavy atom. The van der Waals surface area contributed by atoms with E-state index in [2.05, 4.69) is 4.98 Å². The number of aryl methyl sites for hydroxylation is 1. The Morgan fingerprint density at radius 3 is 2.63 bits per heavy atom. The molecule has 1 saturated heterocycles. The van der Waals surface area contributed by atoms with Crippen LogP contribution in [0.5, 0.6) is 5.88 Å². The molecular formula is C27H34N4O4. The average Bonchev–Trinajstić information content (AvgIpc) is 3.13. The number of pyridine rings is 2. The van der Waals surface area contributed by atoms with E-state index >= 15 is 0 Å². The lowest BCUT2D eigenvalue weighted by atomic mass is 9.79. The van der Waals surface area contributed by atoms with Crippen molar-refractivity contribution in [3.8, 4) is 5.88 Å². The minimum Gasteiger partial charge on any atom is -0.475 e. The standard InChI is InChI=1S/C27H34N4O4/c1-30-23-9-10-25(35-18-22-4-2-3-15-34-22)29-26(23)31(27(30)33)17-20-5-7-21(8-6-20)24(32)16-19-11-13-28-14-12-19/h9-14,20-22H,2-8,15-18H2,1H3. The summed E-state index contributed by atoms with van der Waals surface area (Å²) in [7, 11) is 1.79. The molecule has 0 amide bonds. The van der Waals surface area contributed by atoms with E-state index in [9.17, 15) is 9.59 Å². The fourth-order valence-corrected chi connectivity index (χ4v) is 5.39. The molecule has 8 nitrogen and oxygen atoms in total. The number of nitrogens with zero attached hydrogens (tertiary/aromatic N) is 4. The van der Waals surface area contributed by atoms with Gasteiger partial charge in [-0.1, -0.05) is 0 Å². The first-order chi connectivity index (χ1) is 17.1. The lowest BCUT2D eigenvalue weighted by Crippen LogP contribution is -2.29. The number of aromatic nitrogens is 4. The molecule has 0 spiro atoms. The van der Waals surface area contributed by atoms with Crippen molar-refractivity contribution >= 4 is 16.9 Å². The topological polar surface area (TPSA) is 88.2 Å². The highest BCUT2D eigenvalue weighted by Gasteiger charge is 2.27. The summed E-state index contributed by atoms with van der Waals surface area (Å²) in [5.41, 5.74) is 2.43. The summed E-state index contributed by atoms with van der Waals surface area (Å²) in [5.74, 6) is 1.29. The van der Waals surface area contributed by atoms with Crippen molar-refractivity contribution in [1.82, 2.24) is 19.1 Å². The molecule has 1 unspecified atom stereocenters. The van der Waals surface area contributed by atoms with Gasteiger partial charge in [-0.15, -0.1) is 0 Å². The van der Waals surface area contributed by atoms with Crippen LogP contribution in [0.2, 0.25) is 0 Å². The van der Waals surface area contributed by atoms with E-state index in [1.807, 2.05) is 24.3 Å². The zero-order chi connectivity index (χ0) is 24.2. The highest BCUT2D eigenvalue weighted by molar-refractivity contribution is 5.83. The van der Waals surface area contributed by atoms with Gasteiger partial charge in [0.25, 0.3) is 0 Å². The fourth-order valence-electron chi connectivity index (χ4n) is 5.39. The van der Waals surface area contributed by atoms with Gasteiger partial charge in [0.1, 0.15) is 12.4 Å². The Hall–Kier alpha value is -3.00. The van der Waals surface area contributed by atoms with E-state index in [1.165, 1.54) is 0 Å². The highest BCUT2D eigenvalue weighted by atomic mass is 16.5. The molecule has 35 heavy (non-hydrogen) atoms. The van der Waals surface area contributed by atoms with Crippen LogP contribution in [-0.4, -0.2) is 44.2 Å². The van der Waals surface area contributed by atoms with Gasteiger partial charge < -0.3 is 9.47 Å². The first kappa shape index (κ1) is 23.7. The number of ketones is 1. The quantitative estimate of drug-likeness (QED) is 0.491. The number of ether oxygens (including phenoxy) is 2. The van der Waals surface area contributed by atoms with Gasteiger partial charge in [-0.2, -0.15) is 4.98 Å². The minimum atomic E-state index is -0.0591. The van der Waals surface area contributed by atoms with Crippen LogP contribution in [0.15, 0.2) is 41.5 Å². The van der Waals surface area contributed by atoms with Crippen LogP contribution in [0, 0.1) is 11.8 Å². The van der Waals surface area contributed by atoms with Gasteiger partial charge in [0.05, 0.1) is 11.6 Å². The Kier molecular flexibility index (Phi) is 7.27. The Labute approximate surface area is 205 Å². The van der Waals surface area contributed by atoms with Crippen LogP contribution < -0.4 is 10.4 Å². The highest BCUT2D eigenvalue weighted by Crippen LogP contribution is 2.31. The van der Waals surface area contributed by atoms with Gasteiger partial charge in [0.2, 0.25) is 5.88 Å². The van der Waals surface area contributed by atoms with Crippen LogP contribution in [0.25, 0.3) is 11.2 Å². The summed E-state index contributed by atoms with van der Waals surface area (Å²) >= 11 is 0. The van der Waals surface area contributed by atoms with Gasteiger partial charge in [-0.3, -0.25) is 18.9 Å². The Balaban J connectivity index is 1.22. The van der Waals surface area contributed by atoms with Crippen molar-refractivity contribution in [3.05, 3.63) is 52.7 Å². The number of hydrogen-bond acceptors (Lipinski definition) is 6. The van der Waals surface area contributed by atoms with Crippen molar-refractivity contribution in [3.63, 3.8) is 0 Å². The van der Waals surface area contributed by atoms with Gasteiger partial charge in [0, 0.05) is 51.0 Å². The third-order valence-electron chi connectivity index (χ3n) is 7.53. The molecule has 3 aromatic rings. The third-order valence-corrected chi connectivity index (χ3v) is 7.53. The first-order valence-corrected chi connectivity index (χ1v) is 12.8. The van der Waals surface area contributed by atoms with E-state index in [-0.39, 0.29) is 17.7 Å². The number of imidazole rings is 1.